The van der Waals surface area contributed by atoms with Gasteiger partial charge in [0.05, 0.1) is 5.37 Å². The fourth-order valence-electron chi connectivity index (χ4n) is 1.56. The minimum absolute atomic E-state index is 0.196. The number of phenols is 2. The average molecular weight is 241 g/mol. The Balaban J connectivity index is 2.21. The van der Waals surface area contributed by atoms with Crippen molar-refractivity contribution in [3.8, 4) is 11.5 Å². The van der Waals surface area contributed by atoms with E-state index in [-0.39, 0.29) is 16.9 Å². The van der Waals surface area contributed by atoms with E-state index in [9.17, 15) is 15.0 Å². The number of carbonyl (C=O) groups is 1. The van der Waals surface area contributed by atoms with Crippen LogP contribution < -0.4 is 5.32 Å². The fraction of sp³-hybridized carbons (Fsp3) is 0.300. The van der Waals surface area contributed by atoms with Crippen LogP contribution in [0.2, 0.25) is 0 Å². The summed E-state index contributed by atoms with van der Waals surface area (Å²) in [6.45, 7) is 0.347. The zero-order valence-corrected chi connectivity index (χ0v) is 9.07. The minimum Gasteiger partial charge on any atom is -0.504 e. The number of thioether (sulfide) groups is 1. The van der Waals surface area contributed by atoms with Gasteiger partial charge < -0.3 is 15.3 Å². The van der Waals surface area contributed by atoms with Crippen molar-refractivity contribution >= 4 is 17.7 Å². The minimum atomic E-state index is -0.875. The molecule has 6 heteroatoms. The van der Waals surface area contributed by atoms with E-state index >= 15 is 0 Å². The Morgan fingerprint density at radius 1 is 1.44 bits per heavy atom. The SMILES string of the molecule is O=C(O)C1CNC(c2cccc(O)c2O)S1. The van der Waals surface area contributed by atoms with Gasteiger partial charge in [-0.2, -0.15) is 0 Å². The number of hydrogen-bond donors (Lipinski definition) is 4. The molecule has 16 heavy (non-hydrogen) atoms. The van der Waals surface area contributed by atoms with Crippen molar-refractivity contribution in [2.45, 2.75) is 10.6 Å². The first-order valence-corrected chi connectivity index (χ1v) is 5.66. The summed E-state index contributed by atoms with van der Waals surface area (Å²) < 4.78 is 0. The smallest absolute Gasteiger partial charge is 0.318 e. The molecule has 0 amide bonds. The van der Waals surface area contributed by atoms with Gasteiger partial charge in [0.25, 0.3) is 0 Å². The lowest BCUT2D eigenvalue weighted by Crippen LogP contribution is -2.21. The van der Waals surface area contributed by atoms with Crippen LogP contribution in [-0.2, 0) is 4.79 Å². The molecular formula is C10H11NO4S. The molecule has 2 atom stereocenters. The van der Waals surface area contributed by atoms with Crippen molar-refractivity contribution in [1.29, 1.82) is 0 Å². The number of nitrogens with one attached hydrogen (secondary N) is 1. The molecule has 0 saturated carbocycles. The summed E-state index contributed by atoms with van der Waals surface area (Å²) in [7, 11) is 0. The zero-order chi connectivity index (χ0) is 11.7. The topological polar surface area (TPSA) is 89.8 Å². The van der Waals surface area contributed by atoms with E-state index in [1.165, 1.54) is 17.8 Å². The molecule has 0 aromatic heterocycles. The van der Waals surface area contributed by atoms with Crippen molar-refractivity contribution in [2.75, 3.05) is 6.54 Å². The van der Waals surface area contributed by atoms with Crippen LogP contribution in [0.5, 0.6) is 11.5 Å². The van der Waals surface area contributed by atoms with Crippen LogP contribution in [0.1, 0.15) is 10.9 Å². The van der Waals surface area contributed by atoms with E-state index in [2.05, 4.69) is 5.32 Å². The van der Waals surface area contributed by atoms with Crippen LogP contribution in [0, 0.1) is 0 Å². The first kappa shape index (κ1) is 11.1. The van der Waals surface area contributed by atoms with Gasteiger partial charge in [0.15, 0.2) is 11.5 Å². The Morgan fingerprint density at radius 3 is 2.81 bits per heavy atom. The second-order valence-corrected chi connectivity index (χ2v) is 4.78. The molecule has 1 saturated heterocycles. The van der Waals surface area contributed by atoms with Crippen LogP contribution in [0.4, 0.5) is 0 Å². The number of para-hydroxylation sites is 1. The van der Waals surface area contributed by atoms with E-state index in [0.717, 1.165) is 0 Å². The van der Waals surface area contributed by atoms with Gasteiger partial charge in [0.2, 0.25) is 0 Å². The summed E-state index contributed by atoms with van der Waals surface area (Å²) in [6.07, 6.45) is 0. The van der Waals surface area contributed by atoms with Gasteiger partial charge in [-0.05, 0) is 6.07 Å². The monoisotopic (exact) mass is 241 g/mol. The lowest BCUT2D eigenvalue weighted by Gasteiger charge is -2.12. The quantitative estimate of drug-likeness (QED) is 0.575. The fourth-order valence-corrected chi connectivity index (χ4v) is 2.73. The van der Waals surface area contributed by atoms with Crippen LogP contribution in [0.3, 0.4) is 0 Å². The molecule has 1 aromatic carbocycles. The molecule has 86 valence electrons. The maximum Gasteiger partial charge on any atom is 0.318 e. The van der Waals surface area contributed by atoms with Gasteiger partial charge in [-0.15, -0.1) is 11.8 Å². The van der Waals surface area contributed by atoms with E-state index in [1.54, 1.807) is 12.1 Å². The Bertz CT molecular complexity index is 423. The normalized spacial score (nSPS) is 24.5. The van der Waals surface area contributed by atoms with Gasteiger partial charge in [-0.1, -0.05) is 12.1 Å². The molecule has 1 aliphatic rings. The summed E-state index contributed by atoms with van der Waals surface area (Å²) in [5.41, 5.74) is 0.508. The van der Waals surface area contributed by atoms with Gasteiger partial charge >= 0.3 is 5.97 Å². The van der Waals surface area contributed by atoms with Crippen LogP contribution in [0.25, 0.3) is 0 Å². The molecule has 1 fully saturated rings. The van der Waals surface area contributed by atoms with E-state index in [4.69, 9.17) is 5.11 Å². The van der Waals surface area contributed by atoms with Crippen molar-refractivity contribution in [3.05, 3.63) is 23.8 Å². The van der Waals surface area contributed by atoms with E-state index in [1.807, 2.05) is 0 Å². The van der Waals surface area contributed by atoms with Crippen molar-refractivity contribution in [1.82, 2.24) is 5.32 Å². The third-order valence-corrected chi connectivity index (χ3v) is 3.78. The Kier molecular flexibility index (Phi) is 2.93. The molecule has 2 unspecified atom stereocenters. The van der Waals surface area contributed by atoms with Crippen molar-refractivity contribution in [3.63, 3.8) is 0 Å². The molecule has 1 aromatic rings. The second-order valence-electron chi connectivity index (χ2n) is 3.47. The maximum absolute atomic E-state index is 10.8. The summed E-state index contributed by atoms with van der Waals surface area (Å²) in [5, 5.41) is 30.0. The first-order valence-electron chi connectivity index (χ1n) is 4.72. The second kappa shape index (κ2) is 4.23. The highest BCUT2D eigenvalue weighted by molar-refractivity contribution is 8.01. The number of aromatic hydroxyl groups is 2. The Labute approximate surface area is 96.1 Å². The molecule has 2 rings (SSSR count). The van der Waals surface area contributed by atoms with Crippen LogP contribution in [-0.4, -0.2) is 33.1 Å². The lowest BCUT2D eigenvalue weighted by atomic mass is 10.2. The third-order valence-electron chi connectivity index (χ3n) is 2.39. The van der Waals surface area contributed by atoms with E-state index in [0.29, 0.717) is 12.1 Å². The largest absolute Gasteiger partial charge is 0.504 e. The summed E-state index contributed by atoms with van der Waals surface area (Å²) in [6, 6.07) is 4.65. The number of rotatable bonds is 2. The maximum atomic E-state index is 10.8. The average Bonchev–Trinajstić information content (AvgIpc) is 2.71. The van der Waals surface area contributed by atoms with Gasteiger partial charge in [-0.3, -0.25) is 10.1 Å². The van der Waals surface area contributed by atoms with Crippen LogP contribution in [0.15, 0.2) is 18.2 Å². The highest BCUT2D eigenvalue weighted by atomic mass is 32.2. The Morgan fingerprint density at radius 2 is 2.19 bits per heavy atom. The number of phenolic OH excluding ortho intramolecular Hbond substituents is 2. The highest BCUT2D eigenvalue weighted by Gasteiger charge is 2.32. The van der Waals surface area contributed by atoms with Crippen molar-refractivity contribution in [2.24, 2.45) is 0 Å². The summed E-state index contributed by atoms with van der Waals surface area (Å²) in [5.74, 6) is -1.27. The van der Waals surface area contributed by atoms with Gasteiger partial charge in [-0.25, -0.2) is 0 Å². The molecule has 1 heterocycles. The molecule has 5 nitrogen and oxygen atoms in total. The first-order chi connectivity index (χ1) is 7.59. The Hall–Kier alpha value is -1.40. The molecule has 0 aliphatic carbocycles. The van der Waals surface area contributed by atoms with Gasteiger partial charge in [0, 0.05) is 12.1 Å². The third kappa shape index (κ3) is 1.94. The van der Waals surface area contributed by atoms with Gasteiger partial charge in [0.1, 0.15) is 5.25 Å². The summed E-state index contributed by atoms with van der Waals surface area (Å²) in [4.78, 5) is 10.8. The number of hydrogen-bond acceptors (Lipinski definition) is 5. The van der Waals surface area contributed by atoms with E-state index < -0.39 is 11.2 Å². The zero-order valence-electron chi connectivity index (χ0n) is 8.25. The molecule has 4 N–H and O–H groups in total. The molecule has 1 aliphatic heterocycles. The molecule has 0 spiro atoms. The standard InChI is InChI=1S/C10H11NO4S/c12-6-3-1-2-5(8(6)13)9-11-4-7(16-9)10(14)15/h1-3,7,9,11-13H,4H2,(H,14,15). The van der Waals surface area contributed by atoms with Crippen LogP contribution >= 0.6 is 11.8 Å². The molecule has 0 radical (unpaired) electrons. The lowest BCUT2D eigenvalue weighted by molar-refractivity contribution is -0.136. The molecular weight excluding hydrogens is 230 g/mol. The van der Waals surface area contributed by atoms with Crippen molar-refractivity contribution < 1.29 is 20.1 Å². The number of aliphatic carboxylic acids is 1. The number of carboxylic acid groups (broad SMARTS) is 1. The number of benzene rings is 1. The number of carboxylic acids is 1. The highest BCUT2D eigenvalue weighted by Crippen LogP contribution is 2.41. The predicted octanol–water partition coefficient (Wildman–Crippen LogP) is 0.886. The predicted molar refractivity (Wildman–Crippen MR) is 59.5 cm³/mol. The molecule has 0 bridgehead atoms. The summed E-state index contributed by atoms with van der Waals surface area (Å²) >= 11 is 1.21.